The zero-order valence-corrected chi connectivity index (χ0v) is 7.25. The van der Waals surface area contributed by atoms with E-state index in [0.717, 1.165) is 17.5 Å². The zero-order valence-electron chi connectivity index (χ0n) is 6.50. The Bertz CT molecular complexity index is 313. The van der Waals surface area contributed by atoms with Crippen LogP contribution in [0.4, 0.5) is 0 Å². The van der Waals surface area contributed by atoms with Crippen molar-refractivity contribution in [3.05, 3.63) is 34.3 Å². The molecule has 0 heterocycles. The van der Waals surface area contributed by atoms with Crippen LogP contribution in [0.25, 0.3) is 0 Å². The second-order valence-corrected chi connectivity index (χ2v) is 3.53. The van der Waals surface area contributed by atoms with Gasteiger partial charge in [-0.3, -0.25) is 0 Å². The van der Waals surface area contributed by atoms with Crippen molar-refractivity contribution in [2.24, 2.45) is 5.73 Å². The van der Waals surface area contributed by atoms with Crippen molar-refractivity contribution in [1.82, 2.24) is 0 Å². The maximum absolute atomic E-state index is 9.62. The molecule has 0 spiro atoms. The van der Waals surface area contributed by atoms with Crippen molar-refractivity contribution in [3.63, 3.8) is 0 Å². The van der Waals surface area contributed by atoms with Crippen LogP contribution in [0.5, 0.6) is 0 Å². The third kappa shape index (κ3) is 1.04. The molecule has 1 aromatic carbocycles. The van der Waals surface area contributed by atoms with E-state index >= 15 is 0 Å². The molecule has 12 heavy (non-hydrogen) atoms. The van der Waals surface area contributed by atoms with Crippen LogP contribution >= 0.6 is 11.6 Å². The average Bonchev–Trinajstić information content (AvgIpc) is 2.29. The highest BCUT2D eigenvalue weighted by Crippen LogP contribution is 2.35. The smallest absolute Gasteiger partial charge is 0.0961 e. The minimum Gasteiger partial charge on any atom is -0.387 e. The van der Waals surface area contributed by atoms with Gasteiger partial charge in [0.05, 0.1) is 6.10 Å². The second-order valence-electron chi connectivity index (χ2n) is 3.13. The molecule has 0 amide bonds. The second kappa shape index (κ2) is 2.73. The number of hydrogen-bond donors (Lipinski definition) is 2. The van der Waals surface area contributed by atoms with Crippen molar-refractivity contribution in [3.8, 4) is 0 Å². The number of hydrogen-bond acceptors (Lipinski definition) is 2. The maximum Gasteiger partial charge on any atom is 0.0961 e. The largest absolute Gasteiger partial charge is 0.387 e. The molecule has 1 aliphatic carbocycles. The van der Waals surface area contributed by atoms with Crippen LogP contribution in [0, 0.1) is 0 Å². The SMILES string of the molecule is N[C@H]1Cc2cccc(Cl)c2[C@H]1O. The van der Waals surface area contributed by atoms with Gasteiger partial charge in [-0.25, -0.2) is 0 Å². The fourth-order valence-electron chi connectivity index (χ4n) is 1.67. The number of aliphatic hydroxyl groups is 1. The molecule has 0 saturated heterocycles. The third-order valence-corrected chi connectivity index (χ3v) is 2.63. The van der Waals surface area contributed by atoms with Crippen LogP contribution in [0.3, 0.4) is 0 Å². The molecule has 0 saturated carbocycles. The van der Waals surface area contributed by atoms with Gasteiger partial charge in [0.2, 0.25) is 0 Å². The van der Waals surface area contributed by atoms with Crippen LogP contribution in [-0.4, -0.2) is 11.1 Å². The molecule has 0 bridgehead atoms. The average molecular weight is 184 g/mol. The molecule has 0 fully saturated rings. The van der Waals surface area contributed by atoms with Crippen LogP contribution < -0.4 is 5.73 Å². The topological polar surface area (TPSA) is 46.2 Å². The molecule has 0 aromatic heterocycles. The summed E-state index contributed by atoms with van der Waals surface area (Å²) in [6.45, 7) is 0. The molecule has 0 radical (unpaired) electrons. The van der Waals surface area contributed by atoms with E-state index in [1.807, 2.05) is 12.1 Å². The summed E-state index contributed by atoms with van der Waals surface area (Å²) in [6, 6.07) is 5.42. The first-order chi connectivity index (χ1) is 5.70. The lowest BCUT2D eigenvalue weighted by atomic mass is 10.1. The van der Waals surface area contributed by atoms with Crippen molar-refractivity contribution >= 4 is 11.6 Å². The molecule has 3 heteroatoms. The molecule has 0 aliphatic heterocycles. The van der Waals surface area contributed by atoms with E-state index in [4.69, 9.17) is 17.3 Å². The number of halogens is 1. The molecular formula is C9H10ClNO. The van der Waals surface area contributed by atoms with E-state index in [2.05, 4.69) is 0 Å². The van der Waals surface area contributed by atoms with Crippen LogP contribution in [0.1, 0.15) is 17.2 Å². The van der Waals surface area contributed by atoms with E-state index in [0.29, 0.717) is 5.02 Å². The summed E-state index contributed by atoms with van der Waals surface area (Å²) in [5, 5.41) is 10.2. The van der Waals surface area contributed by atoms with Crippen molar-refractivity contribution in [1.29, 1.82) is 0 Å². The molecule has 1 aliphatic rings. The molecule has 3 N–H and O–H groups in total. The lowest BCUT2D eigenvalue weighted by molar-refractivity contribution is 0.159. The van der Waals surface area contributed by atoms with Gasteiger partial charge >= 0.3 is 0 Å². The van der Waals surface area contributed by atoms with Gasteiger partial charge in [0.25, 0.3) is 0 Å². The number of fused-ring (bicyclic) bond motifs is 1. The lowest BCUT2D eigenvalue weighted by Crippen LogP contribution is -2.24. The van der Waals surface area contributed by atoms with E-state index in [1.165, 1.54) is 0 Å². The Labute approximate surface area is 76.0 Å². The minimum atomic E-state index is -0.589. The van der Waals surface area contributed by atoms with Gasteiger partial charge in [-0.1, -0.05) is 23.7 Å². The predicted octanol–water partition coefficient (Wildman–Crippen LogP) is 1.26. The first kappa shape index (κ1) is 8.05. The fourth-order valence-corrected chi connectivity index (χ4v) is 1.98. The first-order valence-electron chi connectivity index (χ1n) is 3.91. The number of rotatable bonds is 0. The number of aliphatic hydroxyl groups excluding tert-OH is 1. The van der Waals surface area contributed by atoms with E-state index in [1.54, 1.807) is 6.07 Å². The molecule has 0 unspecified atom stereocenters. The first-order valence-corrected chi connectivity index (χ1v) is 4.29. The summed E-state index contributed by atoms with van der Waals surface area (Å²) in [6.07, 6.45) is 0.130. The number of benzene rings is 1. The van der Waals surface area contributed by atoms with E-state index < -0.39 is 6.10 Å². The van der Waals surface area contributed by atoms with Crippen molar-refractivity contribution in [2.75, 3.05) is 0 Å². The van der Waals surface area contributed by atoms with Crippen molar-refractivity contribution in [2.45, 2.75) is 18.6 Å². The summed E-state index contributed by atoms with van der Waals surface area (Å²) in [7, 11) is 0. The van der Waals surface area contributed by atoms with Gasteiger partial charge in [-0.2, -0.15) is 0 Å². The maximum atomic E-state index is 9.62. The summed E-state index contributed by atoms with van der Waals surface area (Å²) in [5.74, 6) is 0. The molecule has 2 atom stereocenters. The Morgan fingerprint density at radius 2 is 2.25 bits per heavy atom. The van der Waals surface area contributed by atoms with Crippen LogP contribution in [0.15, 0.2) is 18.2 Å². The van der Waals surface area contributed by atoms with Crippen LogP contribution in [0.2, 0.25) is 5.02 Å². The van der Waals surface area contributed by atoms with Gasteiger partial charge in [0, 0.05) is 16.6 Å². The Morgan fingerprint density at radius 1 is 1.50 bits per heavy atom. The quantitative estimate of drug-likeness (QED) is 0.636. The monoisotopic (exact) mass is 183 g/mol. The summed E-state index contributed by atoms with van der Waals surface area (Å²) in [4.78, 5) is 0. The highest BCUT2D eigenvalue weighted by molar-refractivity contribution is 6.31. The Balaban J connectivity index is 2.55. The van der Waals surface area contributed by atoms with Gasteiger partial charge < -0.3 is 10.8 Å². The Morgan fingerprint density at radius 3 is 2.92 bits per heavy atom. The van der Waals surface area contributed by atoms with Gasteiger partial charge in [-0.15, -0.1) is 0 Å². The van der Waals surface area contributed by atoms with Crippen molar-refractivity contribution < 1.29 is 5.11 Å². The fraction of sp³-hybridized carbons (Fsp3) is 0.333. The highest BCUT2D eigenvalue weighted by atomic mass is 35.5. The van der Waals surface area contributed by atoms with E-state index in [-0.39, 0.29) is 6.04 Å². The van der Waals surface area contributed by atoms with Crippen LogP contribution in [-0.2, 0) is 6.42 Å². The van der Waals surface area contributed by atoms with Gasteiger partial charge in [0.15, 0.2) is 0 Å². The van der Waals surface area contributed by atoms with E-state index in [9.17, 15) is 5.11 Å². The summed E-state index contributed by atoms with van der Waals surface area (Å²) < 4.78 is 0. The summed E-state index contributed by atoms with van der Waals surface area (Å²) in [5.41, 5.74) is 7.57. The molecule has 1 aromatic rings. The molecule has 2 rings (SSSR count). The normalized spacial score (nSPS) is 27.2. The highest BCUT2D eigenvalue weighted by Gasteiger charge is 2.29. The minimum absolute atomic E-state index is 0.195. The number of nitrogens with two attached hydrogens (primary N) is 1. The Hall–Kier alpha value is -0.570. The van der Waals surface area contributed by atoms with Gasteiger partial charge in [0.1, 0.15) is 0 Å². The lowest BCUT2D eigenvalue weighted by Gasteiger charge is -2.09. The Kier molecular flexibility index (Phi) is 1.83. The third-order valence-electron chi connectivity index (χ3n) is 2.30. The zero-order chi connectivity index (χ0) is 8.72. The molecule has 2 nitrogen and oxygen atoms in total. The van der Waals surface area contributed by atoms with Gasteiger partial charge in [-0.05, 0) is 18.1 Å². The molecular weight excluding hydrogens is 174 g/mol. The summed E-state index contributed by atoms with van der Waals surface area (Å²) >= 11 is 5.91. The standard InChI is InChI=1S/C9H10ClNO/c10-6-3-1-2-5-4-7(11)9(12)8(5)6/h1-3,7,9,12H,4,11H2/t7-,9-/m0/s1. The predicted molar refractivity (Wildman–Crippen MR) is 48.1 cm³/mol. The molecule has 64 valence electrons.